The molecule has 3 saturated heterocycles. The number of nitrogens with one attached hydrogen (secondary N) is 1. The van der Waals surface area contributed by atoms with Crippen molar-refractivity contribution in [2.24, 2.45) is 11.3 Å². The monoisotopic (exact) mass is 415 g/mol. The van der Waals surface area contributed by atoms with Crippen molar-refractivity contribution < 1.29 is 14.6 Å². The minimum absolute atomic E-state index is 0.0187. The van der Waals surface area contributed by atoms with Crippen LogP contribution in [0.4, 0.5) is 10.5 Å². The molecule has 30 heavy (non-hydrogen) atoms. The lowest BCUT2D eigenvalue weighted by molar-refractivity contribution is 0.110. The molecular formula is C24H37N3O3. The molecule has 1 aliphatic carbocycles. The first kappa shape index (κ1) is 21.3. The van der Waals surface area contributed by atoms with Gasteiger partial charge in [0.15, 0.2) is 0 Å². The molecule has 3 aliphatic heterocycles. The number of ether oxygens (including phenoxy) is 1. The normalized spacial score (nSPS) is 31.0. The molecule has 1 aromatic carbocycles. The number of amides is 2. The number of aliphatic hydroxyl groups excluding tert-OH is 1. The predicted molar refractivity (Wildman–Crippen MR) is 119 cm³/mol. The number of hydrogen-bond acceptors (Lipinski definition) is 4. The maximum Gasteiger partial charge on any atom is 0.317 e. The smallest absolute Gasteiger partial charge is 0.317 e. The summed E-state index contributed by atoms with van der Waals surface area (Å²) in [5.74, 6) is 1.38. The molecule has 4 atom stereocenters. The van der Waals surface area contributed by atoms with E-state index in [1.54, 1.807) is 0 Å². The van der Waals surface area contributed by atoms with Crippen molar-refractivity contribution >= 4 is 11.7 Å². The van der Waals surface area contributed by atoms with Gasteiger partial charge in [0.1, 0.15) is 5.75 Å². The van der Waals surface area contributed by atoms with E-state index in [1.165, 1.54) is 37.8 Å². The molecule has 0 aromatic heterocycles. The van der Waals surface area contributed by atoms with Gasteiger partial charge in [-0.3, -0.25) is 0 Å². The van der Waals surface area contributed by atoms with Gasteiger partial charge in [-0.05, 0) is 61.8 Å². The average Bonchev–Trinajstić information content (AvgIpc) is 2.97. The van der Waals surface area contributed by atoms with Gasteiger partial charge in [0.25, 0.3) is 0 Å². The average molecular weight is 416 g/mol. The van der Waals surface area contributed by atoms with Crippen molar-refractivity contribution in [2.75, 3.05) is 37.7 Å². The van der Waals surface area contributed by atoms with Crippen LogP contribution in [0.25, 0.3) is 0 Å². The van der Waals surface area contributed by atoms with Gasteiger partial charge in [0.05, 0.1) is 19.3 Å². The zero-order valence-corrected chi connectivity index (χ0v) is 18.5. The largest absolute Gasteiger partial charge is 0.494 e. The highest BCUT2D eigenvalue weighted by Crippen LogP contribution is 2.50. The van der Waals surface area contributed by atoms with Gasteiger partial charge in [-0.1, -0.05) is 26.2 Å². The first-order valence-corrected chi connectivity index (χ1v) is 11.7. The van der Waals surface area contributed by atoms with Gasteiger partial charge in [-0.2, -0.15) is 0 Å². The third-order valence-electron chi connectivity index (χ3n) is 7.43. The van der Waals surface area contributed by atoms with E-state index in [2.05, 4.69) is 46.3 Å². The zero-order chi connectivity index (χ0) is 21.1. The Morgan fingerprint density at radius 2 is 2.03 bits per heavy atom. The zero-order valence-electron chi connectivity index (χ0n) is 18.5. The SMILES string of the molecule is CCOc1ccc(N2C[C@@H]3C[C@@]4(C)CCCCCC(CN3C(=O)NCCO)C24)cc1. The minimum Gasteiger partial charge on any atom is -0.494 e. The molecule has 4 fully saturated rings. The van der Waals surface area contributed by atoms with Crippen LogP contribution in [0.2, 0.25) is 0 Å². The molecule has 6 nitrogen and oxygen atoms in total. The third-order valence-corrected chi connectivity index (χ3v) is 7.43. The van der Waals surface area contributed by atoms with Crippen molar-refractivity contribution in [1.29, 1.82) is 0 Å². The van der Waals surface area contributed by atoms with Crippen molar-refractivity contribution in [3.05, 3.63) is 24.3 Å². The van der Waals surface area contributed by atoms with Gasteiger partial charge in [0, 0.05) is 31.4 Å². The molecule has 166 valence electrons. The lowest BCUT2D eigenvalue weighted by Gasteiger charge is -2.53. The van der Waals surface area contributed by atoms with Crippen LogP contribution in [0, 0.1) is 11.3 Å². The molecule has 0 radical (unpaired) electrons. The van der Waals surface area contributed by atoms with Crippen molar-refractivity contribution in [1.82, 2.24) is 10.2 Å². The number of carbonyl (C=O) groups excluding carboxylic acids is 1. The maximum atomic E-state index is 13.0. The Morgan fingerprint density at radius 3 is 2.77 bits per heavy atom. The van der Waals surface area contributed by atoms with Crippen molar-refractivity contribution in [3.63, 3.8) is 0 Å². The summed E-state index contributed by atoms with van der Waals surface area (Å²) >= 11 is 0. The second kappa shape index (κ2) is 9.04. The lowest BCUT2D eigenvalue weighted by Crippen LogP contribution is -2.59. The van der Waals surface area contributed by atoms with Crippen LogP contribution < -0.4 is 15.0 Å². The Labute approximate surface area is 180 Å². The summed E-state index contributed by atoms with van der Waals surface area (Å²) in [7, 11) is 0. The number of carbonyl (C=O) groups is 1. The quantitative estimate of drug-likeness (QED) is 0.771. The van der Waals surface area contributed by atoms with Gasteiger partial charge in [0.2, 0.25) is 0 Å². The van der Waals surface area contributed by atoms with Crippen molar-refractivity contribution in [3.8, 4) is 5.75 Å². The number of aliphatic hydroxyl groups is 1. The van der Waals surface area contributed by atoms with Gasteiger partial charge >= 0.3 is 6.03 Å². The molecular weight excluding hydrogens is 378 g/mol. The van der Waals surface area contributed by atoms with Gasteiger partial charge in [-0.15, -0.1) is 0 Å². The van der Waals surface area contributed by atoms with E-state index in [1.807, 2.05) is 6.92 Å². The third kappa shape index (κ3) is 4.11. The van der Waals surface area contributed by atoms with Crippen LogP contribution in [-0.4, -0.2) is 61.0 Å². The Bertz CT molecular complexity index is 725. The number of fused-ring (bicyclic) bond motifs is 2. The highest BCUT2D eigenvalue weighted by atomic mass is 16.5. The number of piperidine rings is 1. The standard InChI is InChI=1S/C24H37N3O3/c1-3-30-21-10-8-19(9-11-21)26-17-20-15-24(2)12-6-4-5-7-18(22(24)26)16-27(20)23(29)25-13-14-28/h8-11,18,20,22,28H,3-7,12-17H2,1-2H3,(H,25,29)/t18?,20-,22?,24+/m0/s1. The van der Waals surface area contributed by atoms with E-state index >= 15 is 0 Å². The van der Waals surface area contributed by atoms with Crippen LogP contribution in [-0.2, 0) is 0 Å². The topological polar surface area (TPSA) is 65.0 Å². The summed E-state index contributed by atoms with van der Waals surface area (Å²) in [5, 5.41) is 12.1. The Hall–Kier alpha value is -1.95. The maximum absolute atomic E-state index is 13.0. The summed E-state index contributed by atoms with van der Waals surface area (Å²) in [5.41, 5.74) is 1.45. The fourth-order valence-electron chi connectivity index (χ4n) is 6.27. The minimum atomic E-state index is -0.0215. The molecule has 2 unspecified atom stereocenters. The summed E-state index contributed by atoms with van der Waals surface area (Å²) in [6.45, 7) is 7.12. The molecule has 1 saturated carbocycles. The summed E-state index contributed by atoms with van der Waals surface area (Å²) < 4.78 is 5.65. The highest BCUT2D eigenvalue weighted by molar-refractivity contribution is 5.75. The van der Waals surface area contributed by atoms with E-state index in [4.69, 9.17) is 9.84 Å². The summed E-state index contributed by atoms with van der Waals surface area (Å²) in [6.07, 6.45) is 7.28. The summed E-state index contributed by atoms with van der Waals surface area (Å²) in [4.78, 5) is 17.7. The van der Waals surface area contributed by atoms with E-state index in [-0.39, 0.29) is 24.1 Å². The Kier molecular flexibility index (Phi) is 6.42. The number of hydrogen-bond donors (Lipinski definition) is 2. The van der Waals surface area contributed by atoms with Gasteiger partial charge in [-0.25, -0.2) is 4.79 Å². The van der Waals surface area contributed by atoms with Gasteiger partial charge < -0.3 is 25.0 Å². The number of rotatable bonds is 5. The number of nitrogens with zero attached hydrogens (tertiary/aromatic N) is 2. The van der Waals surface area contributed by atoms with E-state index in [0.29, 0.717) is 25.1 Å². The van der Waals surface area contributed by atoms with Crippen LogP contribution >= 0.6 is 0 Å². The number of urea groups is 1. The first-order chi connectivity index (χ1) is 14.6. The van der Waals surface area contributed by atoms with E-state index in [0.717, 1.165) is 25.3 Å². The number of benzene rings is 1. The van der Waals surface area contributed by atoms with E-state index in [9.17, 15) is 4.79 Å². The molecule has 0 spiro atoms. The molecule has 5 rings (SSSR count). The van der Waals surface area contributed by atoms with Crippen LogP contribution in [0.15, 0.2) is 24.3 Å². The first-order valence-electron chi connectivity index (χ1n) is 11.7. The fraction of sp³-hybridized carbons (Fsp3) is 0.708. The summed E-state index contributed by atoms with van der Waals surface area (Å²) in [6, 6.07) is 9.14. The molecule has 2 N–H and O–H groups in total. The van der Waals surface area contributed by atoms with Crippen LogP contribution in [0.1, 0.15) is 52.4 Å². The lowest BCUT2D eigenvalue weighted by atomic mass is 9.65. The Balaban J connectivity index is 1.68. The van der Waals surface area contributed by atoms with Crippen LogP contribution in [0.3, 0.4) is 0 Å². The molecule has 3 heterocycles. The number of anilines is 1. The Morgan fingerprint density at radius 1 is 1.23 bits per heavy atom. The predicted octanol–water partition coefficient (Wildman–Crippen LogP) is 3.64. The second-order valence-electron chi connectivity index (χ2n) is 9.50. The van der Waals surface area contributed by atoms with E-state index < -0.39 is 0 Å². The second-order valence-corrected chi connectivity index (χ2v) is 9.50. The molecule has 4 aliphatic rings. The molecule has 1 aromatic rings. The molecule has 6 heteroatoms. The molecule has 2 amide bonds. The van der Waals surface area contributed by atoms with Crippen molar-refractivity contribution in [2.45, 2.75) is 64.5 Å². The molecule has 4 bridgehead atoms. The fourth-order valence-corrected chi connectivity index (χ4v) is 6.27. The highest BCUT2D eigenvalue weighted by Gasteiger charge is 2.53. The van der Waals surface area contributed by atoms with Crippen LogP contribution in [0.5, 0.6) is 5.75 Å².